The third kappa shape index (κ3) is 8.03. The Morgan fingerprint density at radius 2 is 1.25 bits per heavy atom. The molecule has 1 atom stereocenters. The van der Waals surface area contributed by atoms with Crippen LogP contribution in [0.5, 0.6) is 0 Å². The van der Waals surface area contributed by atoms with Crippen LogP contribution in [-0.4, -0.2) is 54.8 Å². The topological polar surface area (TPSA) is 86.8 Å². The summed E-state index contributed by atoms with van der Waals surface area (Å²) in [4.78, 5) is 28.5. The summed E-state index contributed by atoms with van der Waals surface area (Å²) in [6.07, 6.45) is 1.40. The molecule has 0 saturated heterocycles. The first-order chi connectivity index (χ1) is 17.3. The zero-order chi connectivity index (χ0) is 26.0. The summed E-state index contributed by atoms with van der Waals surface area (Å²) in [5, 5.41) is 2.85. The predicted molar refractivity (Wildman–Crippen MR) is 141 cm³/mol. The molecular formula is C28H33N3O4S. The third-order valence-electron chi connectivity index (χ3n) is 5.80. The van der Waals surface area contributed by atoms with Gasteiger partial charge < -0.3 is 10.2 Å². The minimum atomic E-state index is -3.69. The van der Waals surface area contributed by atoms with Crippen molar-refractivity contribution in [3.05, 3.63) is 108 Å². The Bertz CT molecular complexity index is 1220. The maximum absolute atomic E-state index is 13.8. The molecule has 3 rings (SSSR count). The van der Waals surface area contributed by atoms with Crippen LogP contribution >= 0.6 is 0 Å². The molecule has 0 fully saturated rings. The molecule has 0 unspecified atom stereocenters. The number of hydrogen-bond acceptors (Lipinski definition) is 4. The lowest BCUT2D eigenvalue weighted by molar-refractivity contribution is -0.141. The molecule has 0 aliphatic rings. The average molecular weight is 508 g/mol. The van der Waals surface area contributed by atoms with Gasteiger partial charge in [0.1, 0.15) is 6.04 Å². The third-order valence-corrected chi connectivity index (χ3v) is 7.00. The van der Waals surface area contributed by atoms with Gasteiger partial charge in [0.05, 0.1) is 12.8 Å². The van der Waals surface area contributed by atoms with Crippen molar-refractivity contribution in [2.24, 2.45) is 0 Å². The molecule has 36 heavy (non-hydrogen) atoms. The molecule has 7 nitrogen and oxygen atoms in total. The van der Waals surface area contributed by atoms with Crippen LogP contribution in [0, 0.1) is 0 Å². The number of hydrogen-bond donors (Lipinski definition) is 1. The van der Waals surface area contributed by atoms with E-state index in [0.29, 0.717) is 13.0 Å². The first-order valence-corrected chi connectivity index (χ1v) is 13.8. The number of nitrogens with one attached hydrogen (secondary N) is 1. The van der Waals surface area contributed by atoms with E-state index in [2.05, 4.69) is 5.32 Å². The smallest absolute Gasteiger partial charge is 0.243 e. The Morgan fingerprint density at radius 1 is 0.778 bits per heavy atom. The molecule has 2 amide bonds. The fourth-order valence-corrected chi connectivity index (χ4v) is 4.67. The number of benzene rings is 3. The zero-order valence-corrected chi connectivity index (χ0v) is 21.5. The van der Waals surface area contributed by atoms with Crippen LogP contribution < -0.4 is 5.32 Å². The van der Waals surface area contributed by atoms with Crippen LogP contribution in [0.3, 0.4) is 0 Å². The van der Waals surface area contributed by atoms with E-state index in [1.54, 1.807) is 0 Å². The largest absolute Gasteiger partial charge is 0.355 e. The minimum Gasteiger partial charge on any atom is -0.355 e. The normalized spacial score (nSPS) is 12.2. The second-order valence-corrected chi connectivity index (χ2v) is 10.6. The van der Waals surface area contributed by atoms with Crippen molar-refractivity contribution in [3.8, 4) is 0 Å². The van der Waals surface area contributed by atoms with Gasteiger partial charge in [-0.15, -0.1) is 0 Å². The SMILES string of the molecule is CCNC(=O)[C@H](Cc1ccccc1)N(Cc1ccccc1)C(=O)CN(Cc1ccccc1)S(C)(=O)=O. The maximum atomic E-state index is 13.8. The Hall–Kier alpha value is -3.49. The molecule has 1 N–H and O–H groups in total. The molecule has 0 heterocycles. The van der Waals surface area contributed by atoms with Gasteiger partial charge >= 0.3 is 0 Å². The average Bonchev–Trinajstić information content (AvgIpc) is 2.87. The Balaban J connectivity index is 1.95. The van der Waals surface area contributed by atoms with Crippen LogP contribution in [0.15, 0.2) is 91.0 Å². The van der Waals surface area contributed by atoms with E-state index >= 15 is 0 Å². The molecule has 3 aromatic carbocycles. The van der Waals surface area contributed by atoms with Crippen LogP contribution in [-0.2, 0) is 39.1 Å². The van der Waals surface area contributed by atoms with Crippen molar-refractivity contribution in [1.82, 2.24) is 14.5 Å². The van der Waals surface area contributed by atoms with E-state index in [0.717, 1.165) is 27.3 Å². The highest BCUT2D eigenvalue weighted by atomic mass is 32.2. The van der Waals surface area contributed by atoms with Crippen molar-refractivity contribution in [2.45, 2.75) is 32.5 Å². The number of carbonyl (C=O) groups excluding carboxylic acids is 2. The highest BCUT2D eigenvalue weighted by Crippen LogP contribution is 2.17. The standard InChI is InChI=1S/C28H33N3O4S/c1-3-29-28(33)26(19-23-13-7-4-8-14-23)31(21-25-17-11-6-12-18-25)27(32)22-30(36(2,34)35)20-24-15-9-5-10-16-24/h4-18,26H,3,19-22H2,1-2H3,(H,29,33)/t26-/m0/s1. The second kappa shape index (κ2) is 13.0. The minimum absolute atomic E-state index is 0.0646. The molecule has 0 aliphatic carbocycles. The Labute approximate surface area is 213 Å². The van der Waals surface area contributed by atoms with Gasteiger partial charge in [0.2, 0.25) is 21.8 Å². The molecule has 0 aromatic heterocycles. The fraction of sp³-hybridized carbons (Fsp3) is 0.286. The number of sulfonamides is 1. The van der Waals surface area contributed by atoms with Gasteiger partial charge in [-0.25, -0.2) is 8.42 Å². The quantitative estimate of drug-likeness (QED) is 0.408. The van der Waals surface area contributed by atoms with Gasteiger partial charge in [-0.05, 0) is 23.6 Å². The van der Waals surface area contributed by atoms with Gasteiger partial charge in [-0.3, -0.25) is 9.59 Å². The first-order valence-electron chi connectivity index (χ1n) is 11.9. The summed E-state index contributed by atoms with van der Waals surface area (Å²) >= 11 is 0. The van der Waals surface area contributed by atoms with Crippen molar-refractivity contribution < 1.29 is 18.0 Å². The van der Waals surface area contributed by atoms with E-state index in [-0.39, 0.29) is 25.5 Å². The molecule has 0 bridgehead atoms. The van der Waals surface area contributed by atoms with E-state index in [4.69, 9.17) is 0 Å². The Kier molecular flexibility index (Phi) is 9.78. The number of likely N-dealkylation sites (N-methyl/N-ethyl adjacent to an activating group) is 1. The van der Waals surface area contributed by atoms with Gasteiger partial charge in [0.25, 0.3) is 0 Å². The van der Waals surface area contributed by atoms with Gasteiger partial charge in [-0.2, -0.15) is 4.31 Å². The zero-order valence-electron chi connectivity index (χ0n) is 20.7. The molecule has 3 aromatic rings. The lowest BCUT2D eigenvalue weighted by Crippen LogP contribution is -2.53. The molecular weight excluding hydrogens is 474 g/mol. The molecule has 0 radical (unpaired) electrons. The highest BCUT2D eigenvalue weighted by molar-refractivity contribution is 7.88. The summed E-state index contributed by atoms with van der Waals surface area (Å²) in [5.74, 6) is -0.716. The highest BCUT2D eigenvalue weighted by Gasteiger charge is 2.32. The van der Waals surface area contributed by atoms with Gasteiger partial charge in [-0.1, -0.05) is 91.0 Å². The van der Waals surface area contributed by atoms with Crippen LogP contribution in [0.2, 0.25) is 0 Å². The molecule has 8 heteroatoms. The predicted octanol–water partition coefficient (Wildman–Crippen LogP) is 3.22. The van der Waals surface area contributed by atoms with Gasteiger partial charge in [0.15, 0.2) is 0 Å². The lowest BCUT2D eigenvalue weighted by atomic mass is 10.0. The summed E-state index contributed by atoms with van der Waals surface area (Å²) in [7, 11) is -3.69. The monoisotopic (exact) mass is 507 g/mol. The summed E-state index contributed by atoms with van der Waals surface area (Å²) < 4.78 is 26.4. The first kappa shape index (κ1) is 27.1. The van der Waals surface area contributed by atoms with Crippen LogP contribution in [0.4, 0.5) is 0 Å². The summed E-state index contributed by atoms with van der Waals surface area (Å²) in [6, 6.07) is 27.2. The fourth-order valence-electron chi connectivity index (χ4n) is 3.95. The number of rotatable bonds is 12. The molecule has 190 valence electrons. The van der Waals surface area contributed by atoms with Crippen molar-refractivity contribution >= 4 is 21.8 Å². The molecule has 0 aliphatic heterocycles. The number of amides is 2. The number of nitrogens with zero attached hydrogens (tertiary/aromatic N) is 2. The Morgan fingerprint density at radius 3 is 1.72 bits per heavy atom. The van der Waals surface area contributed by atoms with E-state index in [1.165, 1.54) is 4.90 Å². The summed E-state index contributed by atoms with van der Waals surface area (Å²) in [6.45, 7) is 2.12. The molecule has 0 spiro atoms. The van der Waals surface area contributed by atoms with E-state index in [1.807, 2.05) is 97.9 Å². The van der Waals surface area contributed by atoms with Crippen molar-refractivity contribution in [1.29, 1.82) is 0 Å². The molecule has 0 saturated carbocycles. The number of carbonyl (C=O) groups is 2. The lowest BCUT2D eigenvalue weighted by Gasteiger charge is -2.33. The van der Waals surface area contributed by atoms with Crippen molar-refractivity contribution in [3.63, 3.8) is 0 Å². The second-order valence-electron chi connectivity index (χ2n) is 8.62. The van der Waals surface area contributed by atoms with Crippen LogP contribution in [0.1, 0.15) is 23.6 Å². The maximum Gasteiger partial charge on any atom is 0.243 e. The van der Waals surface area contributed by atoms with Crippen molar-refractivity contribution in [2.75, 3.05) is 19.3 Å². The van der Waals surface area contributed by atoms with E-state index < -0.39 is 22.0 Å². The van der Waals surface area contributed by atoms with E-state index in [9.17, 15) is 18.0 Å². The summed E-state index contributed by atoms with van der Waals surface area (Å²) in [5.41, 5.74) is 2.53. The van der Waals surface area contributed by atoms with Crippen LogP contribution in [0.25, 0.3) is 0 Å². The van der Waals surface area contributed by atoms with Gasteiger partial charge in [0, 0.05) is 26.1 Å².